The third-order valence-electron chi connectivity index (χ3n) is 4.82. The Morgan fingerprint density at radius 1 is 1.30 bits per heavy atom. The smallest absolute Gasteiger partial charge is 0.261 e. The van der Waals surface area contributed by atoms with Crippen molar-refractivity contribution < 1.29 is 9.21 Å². The second kappa shape index (κ2) is 7.78. The molecule has 3 heterocycles. The van der Waals surface area contributed by atoms with E-state index in [4.69, 9.17) is 4.42 Å². The highest BCUT2D eigenvalue weighted by molar-refractivity contribution is 7.20. The highest BCUT2D eigenvalue weighted by Crippen LogP contribution is 2.33. The Morgan fingerprint density at radius 3 is 2.63 bits per heavy atom. The molecule has 0 fully saturated rings. The molecule has 0 spiro atoms. The van der Waals surface area contributed by atoms with Crippen molar-refractivity contribution in [2.24, 2.45) is 5.92 Å². The monoisotopic (exact) mass is 386 g/mol. The second-order valence-electron chi connectivity index (χ2n) is 7.33. The van der Waals surface area contributed by atoms with Crippen LogP contribution in [0, 0.1) is 19.8 Å². The minimum absolute atomic E-state index is 0.0538. The number of hydrogen-bond acceptors (Lipinski definition) is 6. The van der Waals surface area contributed by atoms with E-state index < -0.39 is 0 Å². The zero-order valence-corrected chi connectivity index (χ0v) is 17.5. The lowest BCUT2D eigenvalue weighted by molar-refractivity contribution is 0.0938. The van der Waals surface area contributed by atoms with Gasteiger partial charge in [0.2, 0.25) is 0 Å². The van der Waals surface area contributed by atoms with Crippen molar-refractivity contribution in [3.05, 3.63) is 34.5 Å². The topological polar surface area (TPSA) is 71.3 Å². The third-order valence-corrected chi connectivity index (χ3v) is 6.01. The lowest BCUT2D eigenvalue weighted by Gasteiger charge is -2.28. The van der Waals surface area contributed by atoms with E-state index in [9.17, 15) is 4.79 Å². The summed E-state index contributed by atoms with van der Waals surface area (Å²) < 4.78 is 5.41. The van der Waals surface area contributed by atoms with Gasteiger partial charge in [-0.25, -0.2) is 9.97 Å². The van der Waals surface area contributed by atoms with Crippen molar-refractivity contribution in [1.82, 2.24) is 20.2 Å². The van der Waals surface area contributed by atoms with Crippen LogP contribution >= 0.6 is 11.3 Å². The fraction of sp³-hybridized carbons (Fsp3) is 0.450. The zero-order valence-electron chi connectivity index (χ0n) is 16.7. The van der Waals surface area contributed by atoms with Crippen LogP contribution in [0.5, 0.6) is 0 Å². The van der Waals surface area contributed by atoms with Gasteiger partial charge in [0.05, 0.1) is 16.8 Å². The van der Waals surface area contributed by atoms with Crippen LogP contribution in [0.2, 0.25) is 0 Å². The Labute approximate surface area is 163 Å². The number of nitrogens with one attached hydrogen (secondary N) is 1. The summed E-state index contributed by atoms with van der Waals surface area (Å²) in [4.78, 5) is 25.7. The molecule has 1 amide bonds. The average molecular weight is 387 g/mol. The van der Waals surface area contributed by atoms with Gasteiger partial charge in [-0.3, -0.25) is 4.79 Å². The Kier molecular flexibility index (Phi) is 5.62. The van der Waals surface area contributed by atoms with E-state index in [0.717, 1.165) is 21.5 Å². The summed E-state index contributed by atoms with van der Waals surface area (Å²) in [6.45, 7) is 8.84. The molecule has 0 aromatic carbocycles. The normalized spacial score (nSPS) is 12.9. The number of amides is 1. The predicted molar refractivity (Wildman–Crippen MR) is 109 cm³/mol. The van der Waals surface area contributed by atoms with Crippen LogP contribution < -0.4 is 5.32 Å². The number of aromatic nitrogens is 2. The molecule has 0 bridgehead atoms. The molecule has 27 heavy (non-hydrogen) atoms. The summed E-state index contributed by atoms with van der Waals surface area (Å²) in [6, 6.07) is 3.94. The van der Waals surface area contributed by atoms with Crippen LogP contribution in [0.1, 0.15) is 34.8 Å². The van der Waals surface area contributed by atoms with Crippen molar-refractivity contribution in [2.45, 2.75) is 33.7 Å². The minimum Gasteiger partial charge on any atom is -0.461 e. The molecule has 0 aliphatic carbocycles. The second-order valence-corrected chi connectivity index (χ2v) is 8.33. The first-order valence-corrected chi connectivity index (χ1v) is 9.87. The summed E-state index contributed by atoms with van der Waals surface area (Å²) >= 11 is 1.41. The Balaban J connectivity index is 1.90. The van der Waals surface area contributed by atoms with Crippen LogP contribution in [0.25, 0.3) is 21.8 Å². The standard InChI is InChI=1S/C20H26N4O2S/c1-11(2)14(24(5)6)10-21-19(25)17-12(3)16-13(4)22-18(23-20(16)27-17)15-8-7-9-26-15/h7-9,11,14H,10H2,1-6H3,(H,21,25)/t14-/m0/s1. The summed E-state index contributed by atoms with van der Waals surface area (Å²) in [6.07, 6.45) is 1.60. The maximum Gasteiger partial charge on any atom is 0.261 e. The summed E-state index contributed by atoms with van der Waals surface area (Å²) in [5.41, 5.74) is 1.79. The van der Waals surface area contributed by atoms with Crippen LogP contribution in [0.15, 0.2) is 22.8 Å². The Morgan fingerprint density at radius 2 is 2.04 bits per heavy atom. The van der Waals surface area contributed by atoms with E-state index >= 15 is 0 Å². The quantitative estimate of drug-likeness (QED) is 0.696. The van der Waals surface area contributed by atoms with E-state index in [1.807, 2.05) is 40.1 Å². The third kappa shape index (κ3) is 3.89. The van der Waals surface area contributed by atoms with Gasteiger partial charge in [0, 0.05) is 18.0 Å². The van der Waals surface area contributed by atoms with Gasteiger partial charge in [0.1, 0.15) is 4.83 Å². The highest BCUT2D eigenvalue weighted by atomic mass is 32.1. The van der Waals surface area contributed by atoms with Gasteiger partial charge >= 0.3 is 0 Å². The van der Waals surface area contributed by atoms with Crippen LogP contribution in [0.4, 0.5) is 0 Å². The van der Waals surface area contributed by atoms with E-state index in [0.29, 0.717) is 28.9 Å². The molecule has 1 N–H and O–H groups in total. The molecular weight excluding hydrogens is 360 g/mol. The predicted octanol–water partition coefficient (Wildman–Crippen LogP) is 3.88. The number of fused-ring (bicyclic) bond motifs is 1. The molecule has 144 valence electrons. The van der Waals surface area contributed by atoms with E-state index in [1.165, 1.54) is 11.3 Å². The first kappa shape index (κ1) is 19.5. The van der Waals surface area contributed by atoms with Gasteiger partial charge in [-0.1, -0.05) is 13.8 Å². The highest BCUT2D eigenvalue weighted by Gasteiger charge is 2.22. The van der Waals surface area contributed by atoms with Crippen molar-refractivity contribution in [1.29, 1.82) is 0 Å². The summed E-state index contributed by atoms with van der Waals surface area (Å²) in [7, 11) is 4.08. The fourth-order valence-corrected chi connectivity index (χ4v) is 4.51. The van der Waals surface area contributed by atoms with Gasteiger partial charge in [0.15, 0.2) is 11.6 Å². The number of thiophene rings is 1. The van der Waals surface area contributed by atoms with Crippen molar-refractivity contribution in [3.63, 3.8) is 0 Å². The number of nitrogens with zero attached hydrogens (tertiary/aromatic N) is 3. The molecule has 6 nitrogen and oxygen atoms in total. The molecule has 0 saturated carbocycles. The van der Waals surface area contributed by atoms with Crippen LogP contribution in [-0.2, 0) is 0 Å². The number of carbonyl (C=O) groups is 1. The SMILES string of the molecule is Cc1nc(-c2ccco2)nc2sc(C(=O)NC[C@@H](C(C)C)N(C)C)c(C)c12. The summed E-state index contributed by atoms with van der Waals surface area (Å²) in [5, 5.41) is 4.04. The molecule has 0 aliphatic heterocycles. The van der Waals surface area contributed by atoms with Crippen molar-refractivity contribution in [2.75, 3.05) is 20.6 Å². The Hall–Kier alpha value is -2.25. The molecule has 0 radical (unpaired) electrons. The number of furan rings is 1. The minimum atomic E-state index is -0.0538. The zero-order chi connectivity index (χ0) is 19.7. The van der Waals surface area contributed by atoms with E-state index in [1.54, 1.807) is 6.26 Å². The number of likely N-dealkylation sites (N-methyl/N-ethyl adjacent to an activating group) is 1. The lowest BCUT2D eigenvalue weighted by Crippen LogP contribution is -2.43. The molecule has 0 unspecified atom stereocenters. The Bertz CT molecular complexity index is 937. The van der Waals surface area contributed by atoms with E-state index in [2.05, 4.69) is 34.0 Å². The first-order valence-electron chi connectivity index (χ1n) is 9.05. The molecule has 3 aromatic rings. The maximum absolute atomic E-state index is 12.8. The van der Waals surface area contributed by atoms with Crippen molar-refractivity contribution >= 4 is 27.5 Å². The maximum atomic E-state index is 12.8. The van der Waals surface area contributed by atoms with Gasteiger partial charge in [0.25, 0.3) is 5.91 Å². The van der Waals surface area contributed by atoms with E-state index in [-0.39, 0.29) is 11.9 Å². The first-order chi connectivity index (χ1) is 12.8. The van der Waals surface area contributed by atoms with Crippen LogP contribution in [0.3, 0.4) is 0 Å². The molecule has 1 atom stereocenters. The van der Waals surface area contributed by atoms with Gasteiger partial charge in [-0.15, -0.1) is 11.3 Å². The summed E-state index contributed by atoms with van der Waals surface area (Å²) in [5.74, 6) is 1.57. The number of rotatable bonds is 6. The molecule has 0 aliphatic rings. The average Bonchev–Trinajstić information content (AvgIpc) is 3.22. The molecule has 3 rings (SSSR count). The van der Waals surface area contributed by atoms with Crippen LogP contribution in [-0.4, -0.2) is 47.5 Å². The van der Waals surface area contributed by atoms with Gasteiger partial charge in [-0.2, -0.15) is 0 Å². The molecular formula is C20H26N4O2S. The number of aryl methyl sites for hydroxylation is 2. The van der Waals surface area contributed by atoms with Gasteiger partial charge < -0.3 is 14.6 Å². The molecule has 0 saturated heterocycles. The molecule has 3 aromatic heterocycles. The number of hydrogen-bond donors (Lipinski definition) is 1. The molecule has 7 heteroatoms. The van der Waals surface area contributed by atoms with Crippen molar-refractivity contribution in [3.8, 4) is 11.6 Å². The number of carbonyl (C=O) groups excluding carboxylic acids is 1. The fourth-order valence-electron chi connectivity index (χ4n) is 3.36. The largest absolute Gasteiger partial charge is 0.461 e. The van der Waals surface area contributed by atoms with Gasteiger partial charge in [-0.05, 0) is 51.6 Å². The lowest BCUT2D eigenvalue weighted by atomic mass is 10.0.